The summed E-state index contributed by atoms with van der Waals surface area (Å²) in [5.74, 6) is -13.0. The number of aryl methyl sites for hydroxylation is 3. The summed E-state index contributed by atoms with van der Waals surface area (Å²) in [5, 5.41) is 52.8. The third-order valence-electron chi connectivity index (χ3n) is 14.2. The largest absolute Gasteiger partial charge is 0.494 e. The smallest absolute Gasteiger partial charge is 0.323 e. The maximum atomic E-state index is 13.7. The van der Waals surface area contributed by atoms with Gasteiger partial charge in [-0.3, -0.25) is 76.7 Å². The second kappa shape index (κ2) is 35.0. The van der Waals surface area contributed by atoms with E-state index in [2.05, 4.69) is 41.3 Å². The molecule has 14 N–H and O–H groups in total. The number of carbonyl (C=O) groups excluding carboxylic acids is 5. The van der Waals surface area contributed by atoms with Crippen molar-refractivity contribution in [1.82, 2.24) is 65.4 Å². The first-order valence-electron chi connectivity index (χ1n) is 28.8. The summed E-state index contributed by atoms with van der Waals surface area (Å²) in [6.45, 7) is -0.464. The van der Waals surface area contributed by atoms with Crippen LogP contribution in [0, 0.1) is 13.8 Å². The van der Waals surface area contributed by atoms with Crippen molar-refractivity contribution in [2.24, 2.45) is 7.05 Å². The second-order valence-corrected chi connectivity index (χ2v) is 26.4. The van der Waals surface area contributed by atoms with E-state index in [0.717, 1.165) is 5.56 Å². The van der Waals surface area contributed by atoms with Crippen LogP contribution in [0.25, 0.3) is 10.9 Å². The number of carbonyl (C=O) groups is 9. The highest BCUT2D eigenvalue weighted by Gasteiger charge is 2.34. The summed E-state index contributed by atoms with van der Waals surface area (Å²) in [5.41, 5.74) is 0.600. The molecule has 2 aromatic heterocycles. The molecular weight excluding hydrogens is 1310 g/mol. The van der Waals surface area contributed by atoms with Gasteiger partial charge in [0.2, 0.25) is 39.1 Å². The van der Waals surface area contributed by atoms with Gasteiger partial charge in [0.1, 0.15) is 40.9 Å². The SMILES string of the molecule is Cc1cc(OCCCC(=O)NCCNC(=O)C(CS(=O)(=O)O)NC(=O)C(CS(=O)(=O)O)NC(=O)CN2CCN(CC(=O)O)CCN(CC(=O)O)CCN(CC(=O)O)CC2)cc(C)c1S(=O)(=O)NC(CNC(=O)c1cn(C)c2cc(CNc3ncc[nH]3)ccc2c1=O)C(=O)O. The van der Waals surface area contributed by atoms with E-state index in [1.54, 1.807) is 42.2 Å². The molecule has 0 spiro atoms. The van der Waals surface area contributed by atoms with Crippen LogP contribution in [-0.2, 0) is 82.2 Å². The number of anilines is 1. The number of imidazole rings is 1. The molecule has 0 bridgehead atoms. The molecule has 37 nitrogen and oxygen atoms in total. The van der Waals surface area contributed by atoms with E-state index in [0.29, 0.717) is 18.0 Å². The first-order valence-corrected chi connectivity index (χ1v) is 33.5. The van der Waals surface area contributed by atoms with Crippen molar-refractivity contribution >= 4 is 101 Å². The van der Waals surface area contributed by atoms with Gasteiger partial charge in [-0.2, -0.15) is 21.6 Å². The molecule has 2 aromatic carbocycles. The Bertz CT molecular complexity index is 3760. The molecule has 3 unspecified atom stereocenters. The van der Waals surface area contributed by atoms with Crippen molar-refractivity contribution in [1.29, 1.82) is 0 Å². The molecule has 5 amide bonds. The zero-order valence-electron chi connectivity index (χ0n) is 51.2. The molecule has 1 fully saturated rings. The minimum Gasteiger partial charge on any atom is -0.494 e. The Morgan fingerprint density at radius 2 is 1.18 bits per heavy atom. The lowest BCUT2D eigenvalue weighted by molar-refractivity contribution is -0.140. The van der Waals surface area contributed by atoms with Crippen LogP contribution >= 0.6 is 0 Å². The van der Waals surface area contributed by atoms with Gasteiger partial charge >= 0.3 is 23.9 Å². The van der Waals surface area contributed by atoms with Crippen LogP contribution in [0.5, 0.6) is 5.75 Å². The molecule has 40 heteroatoms. The predicted molar refractivity (Wildman–Crippen MR) is 331 cm³/mol. The van der Waals surface area contributed by atoms with Crippen molar-refractivity contribution in [2.75, 3.05) is 122 Å². The Labute approximate surface area is 538 Å². The molecule has 94 heavy (non-hydrogen) atoms. The number of aliphatic carboxylic acids is 4. The minimum absolute atomic E-state index is 0.0356. The highest BCUT2D eigenvalue weighted by molar-refractivity contribution is 7.89. The summed E-state index contributed by atoms with van der Waals surface area (Å²) in [6, 6.07) is 1.41. The number of rotatable bonds is 34. The summed E-state index contributed by atoms with van der Waals surface area (Å²) in [4.78, 5) is 140. The molecule has 518 valence electrons. The number of ether oxygens (including phenoxy) is 1. The number of hydrogen-bond acceptors (Lipinski definition) is 23. The zero-order valence-corrected chi connectivity index (χ0v) is 53.7. The number of H-pyrrole nitrogens is 1. The van der Waals surface area contributed by atoms with Crippen LogP contribution in [0.4, 0.5) is 5.95 Å². The highest BCUT2D eigenvalue weighted by atomic mass is 32.2. The number of benzene rings is 2. The molecule has 1 aliphatic rings. The van der Waals surface area contributed by atoms with Crippen LogP contribution < -0.4 is 46.8 Å². The van der Waals surface area contributed by atoms with E-state index in [1.807, 2.05) is 5.32 Å². The van der Waals surface area contributed by atoms with Gasteiger partial charge in [0.25, 0.3) is 26.1 Å². The topological polar surface area (TPSA) is 535 Å². The Kier molecular flexibility index (Phi) is 28.3. The Balaban J connectivity index is 1.11. The van der Waals surface area contributed by atoms with Gasteiger partial charge in [0.05, 0.1) is 43.2 Å². The standard InChI is InChI=1S/C54H76N14O23S3/c1-33-21-36(22-34(2)49(33)94(89,90)63-39(53(81)82)25-59-50(78)38-26-64(3)42-23-35(6-7-37(42)48(38)77)24-60-54-57-10-11-58-54)91-20-4-5-43(69)55-8-9-56-51(79)40(31-92(83,84)85)62-52(80)41(32-93(86,87)88)61-44(70)27-65-12-14-66(28-45(71)72)16-18-68(30-47(75)76)19-17-67(15-13-65)29-46(73)74/h6-7,10-11,21-23,26,39-41,63H,4-5,8-9,12-20,24-25,27-32H2,1-3H3,(H,55,69)(H,56,79)(H,59,78)(H,61,70)(H,62,80)(H,71,72)(H,73,74)(H,75,76)(H,81,82)(H2,57,58,60)(H,83,84,85)(H,86,87,88). The van der Waals surface area contributed by atoms with Gasteiger partial charge < -0.3 is 66.6 Å². The zero-order chi connectivity index (χ0) is 69.7. The van der Waals surface area contributed by atoms with Crippen LogP contribution in [0.1, 0.15) is 39.9 Å². The highest BCUT2D eigenvalue weighted by Crippen LogP contribution is 2.26. The number of fused-ring (bicyclic) bond motifs is 1. The number of carboxylic acids is 4. The molecule has 1 aliphatic heterocycles. The summed E-state index contributed by atoms with van der Waals surface area (Å²) < 4.78 is 104. The lowest BCUT2D eigenvalue weighted by atomic mass is 10.1. The maximum absolute atomic E-state index is 13.7. The van der Waals surface area contributed by atoms with Gasteiger partial charge in [0, 0.05) is 116 Å². The Hall–Kier alpha value is -8.74. The normalized spacial score (nSPS) is 15.2. The number of amides is 5. The molecule has 5 rings (SSSR count). The summed E-state index contributed by atoms with van der Waals surface area (Å²) in [6.07, 6.45) is 4.42. The lowest BCUT2D eigenvalue weighted by Crippen LogP contribution is -2.58. The number of sulfonamides is 1. The number of aromatic nitrogens is 3. The van der Waals surface area contributed by atoms with Gasteiger partial charge in [0.15, 0.2) is 5.95 Å². The maximum Gasteiger partial charge on any atom is 0.323 e. The van der Waals surface area contributed by atoms with E-state index in [-0.39, 0.29) is 111 Å². The average Bonchev–Trinajstić information content (AvgIpc) is 0.830. The molecule has 0 radical (unpaired) electrons. The van der Waals surface area contributed by atoms with Crippen LogP contribution in [0.2, 0.25) is 0 Å². The van der Waals surface area contributed by atoms with Gasteiger partial charge in [-0.15, -0.1) is 0 Å². The fourth-order valence-electron chi connectivity index (χ4n) is 9.79. The van der Waals surface area contributed by atoms with E-state index in [1.165, 1.54) is 51.8 Å². The quantitative estimate of drug-likeness (QED) is 0.0154. The Morgan fingerprint density at radius 3 is 1.68 bits per heavy atom. The molecule has 3 atom stereocenters. The van der Waals surface area contributed by atoms with E-state index >= 15 is 0 Å². The molecule has 3 heterocycles. The molecule has 4 aromatic rings. The monoisotopic (exact) mass is 1380 g/mol. The van der Waals surface area contributed by atoms with Gasteiger partial charge in [-0.1, -0.05) is 6.07 Å². The van der Waals surface area contributed by atoms with Crippen LogP contribution in [-0.4, -0.2) is 277 Å². The van der Waals surface area contributed by atoms with Crippen molar-refractivity contribution in [3.63, 3.8) is 0 Å². The van der Waals surface area contributed by atoms with Crippen LogP contribution in [0.15, 0.2) is 58.6 Å². The fraction of sp³-hybridized carbons (Fsp3) is 0.500. The number of pyridine rings is 1. The van der Waals surface area contributed by atoms with E-state index in [4.69, 9.17) is 4.74 Å². The third-order valence-corrected chi connectivity index (χ3v) is 17.5. The van der Waals surface area contributed by atoms with Crippen molar-refractivity contribution in [3.8, 4) is 5.75 Å². The average molecular weight is 1390 g/mol. The number of aromatic amines is 1. The first-order chi connectivity index (χ1) is 44.1. The minimum atomic E-state index is -5.12. The number of nitrogens with one attached hydrogen (secondary N) is 8. The number of carboxylic acid groups (broad SMARTS) is 4. The lowest BCUT2D eigenvalue weighted by Gasteiger charge is -2.33. The summed E-state index contributed by atoms with van der Waals surface area (Å²) in [7, 11) is -13.2. The van der Waals surface area contributed by atoms with E-state index in [9.17, 15) is 103 Å². The van der Waals surface area contributed by atoms with Crippen molar-refractivity contribution in [3.05, 3.63) is 81.4 Å². The van der Waals surface area contributed by atoms with Crippen molar-refractivity contribution < 1.29 is 103 Å². The molecule has 0 saturated carbocycles. The molecule has 1 saturated heterocycles. The predicted octanol–water partition coefficient (Wildman–Crippen LogP) is -4.74. The Morgan fingerprint density at radius 1 is 0.660 bits per heavy atom. The van der Waals surface area contributed by atoms with Gasteiger partial charge in [-0.25, -0.2) is 13.4 Å². The number of nitrogens with zero attached hydrogens (tertiary/aromatic N) is 6. The number of hydrogen-bond donors (Lipinski definition) is 14. The van der Waals surface area contributed by atoms with E-state index < -0.39 is 158 Å². The third kappa shape index (κ3) is 25.6. The summed E-state index contributed by atoms with van der Waals surface area (Å²) >= 11 is 0. The second-order valence-electron chi connectivity index (χ2n) is 21.8. The van der Waals surface area contributed by atoms with Crippen molar-refractivity contribution in [2.45, 2.75) is 56.3 Å². The van der Waals surface area contributed by atoms with Gasteiger partial charge in [-0.05, 0) is 61.2 Å². The molecular formula is C54H76N14O23S3. The van der Waals surface area contributed by atoms with Crippen LogP contribution in [0.3, 0.4) is 0 Å². The fourth-order valence-corrected chi connectivity index (χ4v) is 12.7. The molecule has 0 aliphatic carbocycles. The first kappa shape index (κ1) is 76.0.